The van der Waals surface area contributed by atoms with Crippen LogP contribution in [0.5, 0.6) is 5.75 Å². The molecule has 1 atom stereocenters. The number of piperidine rings is 1. The van der Waals surface area contributed by atoms with E-state index in [0.29, 0.717) is 35.2 Å². The van der Waals surface area contributed by atoms with E-state index < -0.39 is 0 Å². The SMILES string of the molecule is CNC(=O)COc1cc2cc(Nc3nc(N4CCCC(C)C4)ncc3Cl)ccc2n(CCC2CC2)c1=O. The van der Waals surface area contributed by atoms with Crippen molar-refractivity contribution in [2.24, 2.45) is 11.8 Å². The first-order valence-electron chi connectivity index (χ1n) is 13.0. The Morgan fingerprint density at radius 1 is 1.24 bits per heavy atom. The van der Waals surface area contributed by atoms with Gasteiger partial charge in [-0.25, -0.2) is 4.98 Å². The van der Waals surface area contributed by atoms with E-state index in [1.165, 1.54) is 26.3 Å². The number of benzene rings is 1. The van der Waals surface area contributed by atoms with Gasteiger partial charge in [0.1, 0.15) is 5.02 Å². The fourth-order valence-electron chi connectivity index (χ4n) is 4.80. The zero-order chi connectivity index (χ0) is 25.9. The van der Waals surface area contributed by atoms with Gasteiger partial charge in [-0.05, 0) is 55.4 Å². The van der Waals surface area contributed by atoms with Gasteiger partial charge in [0, 0.05) is 37.8 Å². The molecular weight excluding hydrogens is 492 g/mol. The predicted octanol–water partition coefficient (Wildman–Crippen LogP) is 4.35. The van der Waals surface area contributed by atoms with Crippen molar-refractivity contribution in [2.75, 3.05) is 37.0 Å². The number of halogens is 1. The average Bonchev–Trinajstić information content (AvgIpc) is 3.72. The fourth-order valence-corrected chi connectivity index (χ4v) is 4.94. The second-order valence-corrected chi connectivity index (χ2v) is 10.5. The van der Waals surface area contributed by atoms with Crippen molar-refractivity contribution < 1.29 is 9.53 Å². The Morgan fingerprint density at radius 2 is 2.08 bits per heavy atom. The van der Waals surface area contributed by atoms with E-state index >= 15 is 0 Å². The monoisotopic (exact) mass is 524 g/mol. The normalized spacial score (nSPS) is 17.6. The van der Waals surface area contributed by atoms with Crippen LogP contribution in [0.3, 0.4) is 0 Å². The molecule has 0 spiro atoms. The van der Waals surface area contributed by atoms with Gasteiger partial charge in [-0.15, -0.1) is 0 Å². The first-order chi connectivity index (χ1) is 17.9. The average molecular weight is 525 g/mol. The Kier molecular flexibility index (Phi) is 7.50. The quantitative estimate of drug-likeness (QED) is 0.429. The lowest BCUT2D eigenvalue weighted by atomic mass is 10.0. The molecule has 3 heterocycles. The van der Waals surface area contributed by atoms with Crippen LogP contribution in [0, 0.1) is 11.8 Å². The van der Waals surface area contributed by atoms with Gasteiger partial charge in [-0.2, -0.15) is 4.98 Å². The zero-order valence-corrected chi connectivity index (χ0v) is 22.1. The highest BCUT2D eigenvalue weighted by atomic mass is 35.5. The number of pyridine rings is 1. The molecule has 1 aliphatic heterocycles. The van der Waals surface area contributed by atoms with Crippen LogP contribution in [0.1, 0.15) is 39.0 Å². The number of hydrogen-bond donors (Lipinski definition) is 2. The van der Waals surface area contributed by atoms with Crippen LogP contribution >= 0.6 is 11.6 Å². The predicted molar refractivity (Wildman–Crippen MR) is 146 cm³/mol. The van der Waals surface area contributed by atoms with Gasteiger partial charge in [0.25, 0.3) is 11.5 Å². The molecule has 1 saturated carbocycles. The molecule has 1 saturated heterocycles. The number of nitrogens with zero attached hydrogens (tertiary/aromatic N) is 4. The van der Waals surface area contributed by atoms with E-state index in [1.807, 2.05) is 18.2 Å². The van der Waals surface area contributed by atoms with Crippen LogP contribution in [0.2, 0.25) is 5.02 Å². The summed E-state index contributed by atoms with van der Waals surface area (Å²) >= 11 is 6.46. The van der Waals surface area contributed by atoms with Crippen molar-refractivity contribution in [3.8, 4) is 5.75 Å². The standard InChI is InChI=1S/C27H33ClN6O3/c1-17-4-3-10-33(15-17)27-30-14-21(28)25(32-27)31-20-7-8-22-19(12-20)13-23(37-16-24(35)29-2)26(36)34(22)11-9-18-5-6-18/h7-8,12-14,17-18H,3-6,9-11,15-16H2,1-2H3,(H,29,35)(H,30,31,32). The zero-order valence-electron chi connectivity index (χ0n) is 21.3. The van der Waals surface area contributed by atoms with E-state index in [-0.39, 0.29) is 23.8 Å². The first kappa shape index (κ1) is 25.3. The van der Waals surface area contributed by atoms with Crippen LogP contribution in [0.25, 0.3) is 10.9 Å². The maximum atomic E-state index is 13.2. The number of aryl methyl sites for hydroxylation is 1. The molecule has 1 amide bonds. The molecule has 37 heavy (non-hydrogen) atoms. The summed E-state index contributed by atoms with van der Waals surface area (Å²) in [4.78, 5) is 36.3. The third kappa shape index (κ3) is 5.98. The number of rotatable bonds is 9. The maximum absolute atomic E-state index is 13.2. The number of hydrogen-bond acceptors (Lipinski definition) is 7. The lowest BCUT2D eigenvalue weighted by molar-refractivity contribution is -0.122. The van der Waals surface area contributed by atoms with Crippen LogP contribution in [-0.2, 0) is 11.3 Å². The van der Waals surface area contributed by atoms with Crippen molar-refractivity contribution in [1.82, 2.24) is 19.9 Å². The van der Waals surface area contributed by atoms with Gasteiger partial charge in [-0.1, -0.05) is 31.4 Å². The number of aromatic nitrogens is 3. The fraction of sp³-hybridized carbons (Fsp3) is 0.481. The van der Waals surface area contributed by atoms with Crippen molar-refractivity contribution in [1.29, 1.82) is 0 Å². The van der Waals surface area contributed by atoms with Crippen molar-refractivity contribution >= 4 is 45.9 Å². The molecule has 0 radical (unpaired) electrons. The lowest BCUT2D eigenvalue weighted by Crippen LogP contribution is -2.35. The number of carbonyl (C=O) groups excluding carboxylic acids is 1. The molecule has 2 aliphatic rings. The van der Waals surface area contributed by atoms with Gasteiger partial charge in [0.2, 0.25) is 5.95 Å². The van der Waals surface area contributed by atoms with Crippen LogP contribution in [-0.4, -0.2) is 47.2 Å². The van der Waals surface area contributed by atoms with Gasteiger partial charge in [-0.3, -0.25) is 9.59 Å². The highest BCUT2D eigenvalue weighted by Gasteiger charge is 2.22. The Hall–Kier alpha value is -3.33. The third-order valence-electron chi connectivity index (χ3n) is 7.09. The van der Waals surface area contributed by atoms with E-state index in [9.17, 15) is 9.59 Å². The molecule has 2 N–H and O–H groups in total. The molecule has 3 aromatic rings. The molecule has 9 nitrogen and oxygen atoms in total. The number of amides is 1. The van der Waals surface area contributed by atoms with E-state index in [2.05, 4.69) is 27.4 Å². The smallest absolute Gasteiger partial charge is 0.293 e. The largest absolute Gasteiger partial charge is 0.478 e. The lowest BCUT2D eigenvalue weighted by Gasteiger charge is -2.31. The highest BCUT2D eigenvalue weighted by molar-refractivity contribution is 6.32. The molecule has 1 unspecified atom stereocenters. The van der Waals surface area contributed by atoms with E-state index in [0.717, 1.165) is 42.5 Å². The topological polar surface area (TPSA) is 101 Å². The first-order valence-corrected chi connectivity index (χ1v) is 13.3. The summed E-state index contributed by atoms with van der Waals surface area (Å²) in [6.45, 7) is 4.49. The van der Waals surface area contributed by atoms with Crippen LogP contribution in [0.4, 0.5) is 17.5 Å². The summed E-state index contributed by atoms with van der Waals surface area (Å²) in [6.07, 6.45) is 7.34. The third-order valence-corrected chi connectivity index (χ3v) is 7.37. The van der Waals surface area contributed by atoms with Crippen LogP contribution in [0.15, 0.2) is 35.3 Å². The number of fused-ring (bicyclic) bond motifs is 1. The van der Waals surface area contributed by atoms with Gasteiger partial charge < -0.3 is 24.8 Å². The molecule has 1 aliphatic carbocycles. The molecule has 2 aromatic heterocycles. The van der Waals surface area contributed by atoms with Gasteiger partial charge in [0.05, 0.1) is 11.7 Å². The van der Waals surface area contributed by atoms with Crippen molar-refractivity contribution in [2.45, 2.75) is 45.6 Å². The Bertz CT molecular complexity index is 1360. The number of likely N-dealkylation sites (N-methyl/N-ethyl adjacent to an activating group) is 1. The van der Waals surface area contributed by atoms with Crippen molar-refractivity contribution in [3.05, 3.63) is 45.8 Å². The molecule has 1 aromatic carbocycles. The summed E-state index contributed by atoms with van der Waals surface area (Å²) < 4.78 is 7.37. The minimum Gasteiger partial charge on any atom is -0.478 e. The van der Waals surface area contributed by atoms with E-state index in [4.69, 9.17) is 21.3 Å². The second kappa shape index (κ2) is 11.0. The number of carbonyl (C=O) groups is 1. The molecule has 2 fully saturated rings. The Balaban J connectivity index is 1.45. The maximum Gasteiger partial charge on any atom is 0.293 e. The Labute approximate surface area is 221 Å². The summed E-state index contributed by atoms with van der Waals surface area (Å²) in [7, 11) is 1.54. The van der Waals surface area contributed by atoms with E-state index in [1.54, 1.807) is 16.8 Å². The summed E-state index contributed by atoms with van der Waals surface area (Å²) in [5, 5.41) is 7.09. The summed E-state index contributed by atoms with van der Waals surface area (Å²) in [5.41, 5.74) is 1.37. The highest BCUT2D eigenvalue weighted by Crippen LogP contribution is 2.33. The van der Waals surface area contributed by atoms with Gasteiger partial charge in [0.15, 0.2) is 18.2 Å². The minimum atomic E-state index is -0.295. The molecule has 196 valence electrons. The van der Waals surface area contributed by atoms with Crippen LogP contribution < -0.4 is 25.8 Å². The summed E-state index contributed by atoms with van der Waals surface area (Å²) in [5.74, 6) is 2.33. The molecule has 0 bridgehead atoms. The minimum absolute atomic E-state index is 0.158. The summed E-state index contributed by atoms with van der Waals surface area (Å²) in [6, 6.07) is 7.48. The van der Waals surface area contributed by atoms with Gasteiger partial charge >= 0.3 is 0 Å². The number of nitrogens with one attached hydrogen (secondary N) is 2. The molecule has 10 heteroatoms. The van der Waals surface area contributed by atoms with Crippen molar-refractivity contribution in [3.63, 3.8) is 0 Å². The second-order valence-electron chi connectivity index (χ2n) is 10.1. The Morgan fingerprint density at radius 3 is 2.84 bits per heavy atom. The number of anilines is 3. The number of ether oxygens (including phenoxy) is 1. The molecular formula is C27H33ClN6O3. The molecule has 5 rings (SSSR count).